The summed E-state index contributed by atoms with van der Waals surface area (Å²) in [5.74, 6) is 1.45. The molecule has 1 aliphatic carbocycles. The number of rotatable bonds is 6. The maximum atomic E-state index is 12.2. The molecule has 0 saturated carbocycles. The van der Waals surface area contributed by atoms with Gasteiger partial charge in [0.15, 0.2) is 0 Å². The van der Waals surface area contributed by atoms with Crippen LogP contribution in [-0.2, 0) is 23.4 Å². The van der Waals surface area contributed by atoms with E-state index in [-0.39, 0.29) is 11.9 Å². The minimum Gasteiger partial charge on any atom is -0.349 e. The predicted octanol–water partition coefficient (Wildman–Crippen LogP) is 5.05. The first-order valence-electron chi connectivity index (χ1n) is 8.35. The Balaban J connectivity index is 1.46. The van der Waals surface area contributed by atoms with Crippen molar-refractivity contribution in [2.24, 2.45) is 0 Å². The van der Waals surface area contributed by atoms with Gasteiger partial charge in [-0.25, -0.2) is 0 Å². The number of hydrogen-bond acceptors (Lipinski definition) is 2. The Morgan fingerprint density at radius 2 is 1.92 bits per heavy atom. The van der Waals surface area contributed by atoms with E-state index in [0.717, 1.165) is 10.2 Å². The zero-order valence-corrected chi connectivity index (χ0v) is 16.3. The minimum absolute atomic E-state index is 0.0664. The molecule has 2 aromatic rings. The van der Waals surface area contributed by atoms with Gasteiger partial charge in [-0.2, -0.15) is 0 Å². The number of thioether (sulfide) groups is 1. The van der Waals surface area contributed by atoms with Gasteiger partial charge < -0.3 is 5.32 Å². The van der Waals surface area contributed by atoms with Crippen LogP contribution in [0.1, 0.15) is 41.6 Å². The highest BCUT2D eigenvalue weighted by atomic mass is 79.9. The highest BCUT2D eigenvalue weighted by Gasteiger charge is 2.14. The number of nitrogens with one attached hydrogen (secondary N) is 1. The molecule has 0 fully saturated rings. The van der Waals surface area contributed by atoms with E-state index in [1.54, 1.807) is 11.8 Å². The van der Waals surface area contributed by atoms with Crippen LogP contribution in [0.5, 0.6) is 0 Å². The Labute approximate surface area is 156 Å². The Morgan fingerprint density at radius 3 is 2.71 bits per heavy atom. The van der Waals surface area contributed by atoms with Crippen molar-refractivity contribution >= 4 is 33.6 Å². The molecule has 4 heteroatoms. The largest absolute Gasteiger partial charge is 0.349 e. The van der Waals surface area contributed by atoms with Gasteiger partial charge in [0, 0.05) is 10.2 Å². The summed E-state index contributed by atoms with van der Waals surface area (Å²) in [6, 6.07) is 15.0. The summed E-state index contributed by atoms with van der Waals surface area (Å²) in [4.78, 5) is 12.2. The molecule has 0 radical (unpaired) electrons. The lowest BCUT2D eigenvalue weighted by Crippen LogP contribution is -2.28. The van der Waals surface area contributed by atoms with Gasteiger partial charge in [0.1, 0.15) is 0 Å². The van der Waals surface area contributed by atoms with E-state index in [0.29, 0.717) is 5.75 Å². The molecule has 0 heterocycles. The Morgan fingerprint density at radius 1 is 1.17 bits per heavy atom. The van der Waals surface area contributed by atoms with Crippen molar-refractivity contribution in [3.63, 3.8) is 0 Å². The van der Waals surface area contributed by atoms with Crippen molar-refractivity contribution in [2.45, 2.75) is 38.0 Å². The van der Waals surface area contributed by atoms with Crippen LogP contribution in [0, 0.1) is 0 Å². The first-order valence-corrected chi connectivity index (χ1v) is 10.3. The second-order valence-corrected chi connectivity index (χ2v) is 8.19. The molecule has 0 aliphatic heterocycles. The summed E-state index contributed by atoms with van der Waals surface area (Å²) in [6.45, 7) is 2.06. The van der Waals surface area contributed by atoms with E-state index in [4.69, 9.17) is 0 Å². The van der Waals surface area contributed by atoms with Gasteiger partial charge in [0.2, 0.25) is 5.91 Å². The number of amides is 1. The smallest absolute Gasteiger partial charge is 0.230 e. The third-order valence-corrected chi connectivity index (χ3v) is 5.95. The Kier molecular flexibility index (Phi) is 6.01. The molecule has 0 spiro atoms. The fourth-order valence-corrected chi connectivity index (χ4v) is 4.13. The number of halogens is 1. The van der Waals surface area contributed by atoms with Crippen LogP contribution >= 0.6 is 27.7 Å². The molecule has 0 unspecified atom stereocenters. The fourth-order valence-electron chi connectivity index (χ4n) is 3.07. The molecule has 24 heavy (non-hydrogen) atoms. The van der Waals surface area contributed by atoms with Crippen LogP contribution in [0.3, 0.4) is 0 Å². The van der Waals surface area contributed by atoms with Crippen LogP contribution in [-0.4, -0.2) is 11.7 Å². The molecule has 1 N–H and O–H groups in total. The maximum Gasteiger partial charge on any atom is 0.230 e. The molecule has 3 rings (SSSR count). The highest BCUT2D eigenvalue weighted by molar-refractivity contribution is 9.10. The second-order valence-electron chi connectivity index (χ2n) is 6.29. The lowest BCUT2D eigenvalue weighted by atomic mass is 10.0. The second kappa shape index (κ2) is 8.21. The van der Waals surface area contributed by atoms with Crippen LogP contribution in [0.15, 0.2) is 46.9 Å². The molecule has 1 aliphatic rings. The highest BCUT2D eigenvalue weighted by Crippen LogP contribution is 2.25. The van der Waals surface area contributed by atoms with Gasteiger partial charge in [-0.3, -0.25) is 4.79 Å². The summed E-state index contributed by atoms with van der Waals surface area (Å²) >= 11 is 5.08. The number of aryl methyl sites for hydroxylation is 2. The topological polar surface area (TPSA) is 29.1 Å². The first-order chi connectivity index (χ1) is 11.6. The number of benzene rings is 2. The molecule has 1 atom stereocenters. The molecule has 1 amide bonds. The van der Waals surface area contributed by atoms with Crippen LogP contribution in [0.4, 0.5) is 0 Å². The number of fused-ring (bicyclic) bond motifs is 1. The maximum absolute atomic E-state index is 12.2. The van der Waals surface area contributed by atoms with Crippen molar-refractivity contribution in [3.8, 4) is 0 Å². The fraction of sp³-hybridized carbons (Fsp3) is 0.350. The molecule has 2 aromatic carbocycles. The molecule has 0 saturated heterocycles. The zero-order chi connectivity index (χ0) is 16.9. The minimum atomic E-state index is 0.0664. The molecule has 0 aromatic heterocycles. The van der Waals surface area contributed by atoms with Crippen molar-refractivity contribution in [2.75, 3.05) is 5.75 Å². The summed E-state index contributed by atoms with van der Waals surface area (Å²) in [7, 11) is 0. The van der Waals surface area contributed by atoms with Crippen LogP contribution < -0.4 is 5.32 Å². The lowest BCUT2D eigenvalue weighted by molar-refractivity contribution is -0.119. The van der Waals surface area contributed by atoms with Crippen molar-refractivity contribution in [3.05, 3.63) is 69.2 Å². The lowest BCUT2D eigenvalue weighted by Gasteiger charge is -2.15. The van der Waals surface area contributed by atoms with E-state index < -0.39 is 0 Å². The van der Waals surface area contributed by atoms with E-state index in [1.165, 1.54) is 41.5 Å². The average Bonchev–Trinajstić information content (AvgIpc) is 3.04. The Bertz CT molecular complexity index is 714. The molecule has 126 valence electrons. The van der Waals surface area contributed by atoms with Gasteiger partial charge in [-0.15, -0.1) is 11.8 Å². The quantitative estimate of drug-likeness (QED) is 0.730. The molecular weight excluding hydrogens is 382 g/mol. The average molecular weight is 404 g/mol. The third-order valence-electron chi connectivity index (χ3n) is 4.42. The number of carbonyl (C=O) groups is 1. The van der Waals surface area contributed by atoms with E-state index in [9.17, 15) is 4.79 Å². The van der Waals surface area contributed by atoms with Crippen molar-refractivity contribution in [1.29, 1.82) is 0 Å². The molecule has 0 bridgehead atoms. The van der Waals surface area contributed by atoms with Crippen molar-refractivity contribution in [1.82, 2.24) is 5.32 Å². The van der Waals surface area contributed by atoms with Crippen LogP contribution in [0.2, 0.25) is 0 Å². The SMILES string of the molecule is C[C@H](NC(=O)CSCc1ccc(Br)cc1)c1ccc2c(c1)CCC2. The Hall–Kier alpha value is -1.26. The summed E-state index contributed by atoms with van der Waals surface area (Å²) in [6.07, 6.45) is 3.63. The van der Waals surface area contributed by atoms with Gasteiger partial charge in [-0.05, 0) is 60.6 Å². The standard InChI is InChI=1S/C20H22BrNOS/c1-14(17-8-7-16-3-2-4-18(16)11-17)22-20(23)13-24-12-15-5-9-19(21)10-6-15/h5-11,14H,2-4,12-13H2,1H3,(H,22,23)/t14-/m0/s1. The van der Waals surface area contributed by atoms with E-state index in [1.807, 2.05) is 12.1 Å². The number of carbonyl (C=O) groups excluding carboxylic acids is 1. The molecular formula is C20H22BrNOS. The number of hydrogen-bond donors (Lipinski definition) is 1. The van der Waals surface area contributed by atoms with E-state index in [2.05, 4.69) is 58.5 Å². The summed E-state index contributed by atoms with van der Waals surface area (Å²) in [5.41, 5.74) is 5.38. The monoisotopic (exact) mass is 403 g/mol. The van der Waals surface area contributed by atoms with Gasteiger partial charge in [-0.1, -0.05) is 46.3 Å². The van der Waals surface area contributed by atoms with Crippen molar-refractivity contribution < 1.29 is 4.79 Å². The van der Waals surface area contributed by atoms with Crippen LogP contribution in [0.25, 0.3) is 0 Å². The first kappa shape index (κ1) is 17.6. The summed E-state index contributed by atoms with van der Waals surface area (Å²) in [5, 5.41) is 3.12. The normalized spacial score (nSPS) is 14.2. The van der Waals surface area contributed by atoms with E-state index >= 15 is 0 Å². The summed E-state index contributed by atoms with van der Waals surface area (Å²) < 4.78 is 1.08. The molecule has 2 nitrogen and oxygen atoms in total. The van der Waals surface area contributed by atoms with Gasteiger partial charge >= 0.3 is 0 Å². The zero-order valence-electron chi connectivity index (χ0n) is 13.8. The predicted molar refractivity (Wildman–Crippen MR) is 105 cm³/mol. The third kappa shape index (κ3) is 4.64. The van der Waals surface area contributed by atoms with Gasteiger partial charge in [0.05, 0.1) is 11.8 Å². The van der Waals surface area contributed by atoms with Gasteiger partial charge in [0.25, 0.3) is 0 Å².